The minimum absolute atomic E-state index is 0.0838. The number of piperidine rings is 1. The molecule has 0 aliphatic carbocycles. The van der Waals surface area contributed by atoms with Gasteiger partial charge in [-0.05, 0) is 49.6 Å². The maximum Gasteiger partial charge on any atom is 0.490 e. The van der Waals surface area contributed by atoms with Crippen LogP contribution in [0.2, 0.25) is 0 Å². The third-order valence-electron chi connectivity index (χ3n) is 6.33. The lowest BCUT2D eigenvalue weighted by Gasteiger charge is -2.34. The number of likely N-dealkylation sites (tertiary alicyclic amines) is 1. The molecular formula is C23H31F3N2O5. The van der Waals surface area contributed by atoms with Crippen molar-refractivity contribution < 1.29 is 37.3 Å². The Morgan fingerprint density at radius 1 is 1.12 bits per heavy atom. The number of carbonyl (C=O) groups excluding carboxylic acids is 1. The summed E-state index contributed by atoms with van der Waals surface area (Å²) in [6.45, 7) is 5.40. The van der Waals surface area contributed by atoms with Crippen molar-refractivity contribution in [2.24, 2.45) is 11.8 Å². The number of nitrogens with one attached hydrogen (secondary N) is 1. The lowest BCUT2D eigenvalue weighted by Crippen LogP contribution is -2.42. The van der Waals surface area contributed by atoms with Gasteiger partial charge in [-0.2, -0.15) is 13.2 Å². The summed E-state index contributed by atoms with van der Waals surface area (Å²) in [7, 11) is 0. The maximum absolute atomic E-state index is 12.5. The second-order valence-corrected chi connectivity index (χ2v) is 8.77. The summed E-state index contributed by atoms with van der Waals surface area (Å²) < 4.78 is 43.3. The van der Waals surface area contributed by atoms with Crippen molar-refractivity contribution in [2.75, 3.05) is 32.8 Å². The number of benzene rings is 1. The topological polar surface area (TPSA) is 88.1 Å². The van der Waals surface area contributed by atoms with E-state index in [1.165, 1.54) is 5.56 Å². The van der Waals surface area contributed by atoms with Gasteiger partial charge in [0.25, 0.3) is 0 Å². The number of carbonyl (C=O) groups is 2. The first-order chi connectivity index (χ1) is 15.7. The number of rotatable bonds is 5. The highest BCUT2D eigenvalue weighted by molar-refractivity contribution is 5.81. The van der Waals surface area contributed by atoms with Gasteiger partial charge in [-0.15, -0.1) is 0 Å². The molecule has 0 unspecified atom stereocenters. The van der Waals surface area contributed by atoms with Crippen molar-refractivity contribution in [3.05, 3.63) is 35.9 Å². The summed E-state index contributed by atoms with van der Waals surface area (Å²) in [5.41, 5.74) is 1.34. The first-order valence-corrected chi connectivity index (χ1v) is 11.3. The Morgan fingerprint density at radius 2 is 1.79 bits per heavy atom. The summed E-state index contributed by atoms with van der Waals surface area (Å²) in [4.78, 5) is 23.9. The van der Waals surface area contributed by atoms with Gasteiger partial charge in [0.05, 0.1) is 6.10 Å². The quantitative estimate of drug-likeness (QED) is 0.685. The van der Waals surface area contributed by atoms with Crippen LogP contribution in [0.25, 0.3) is 0 Å². The summed E-state index contributed by atoms with van der Waals surface area (Å²) in [5, 5.41) is 10.2. The van der Waals surface area contributed by atoms with Crippen molar-refractivity contribution in [1.29, 1.82) is 0 Å². The summed E-state index contributed by atoms with van der Waals surface area (Å²) in [5.74, 6) is -1.59. The van der Waals surface area contributed by atoms with E-state index in [0.29, 0.717) is 11.8 Å². The largest absolute Gasteiger partial charge is 0.490 e. The molecule has 3 heterocycles. The molecule has 1 aromatic carbocycles. The molecule has 2 N–H and O–H groups in total. The Kier molecular flexibility index (Phi) is 9.10. The number of hydrogen-bond donors (Lipinski definition) is 2. The lowest BCUT2D eigenvalue weighted by molar-refractivity contribution is -0.192. The molecule has 3 atom stereocenters. The number of amides is 1. The van der Waals surface area contributed by atoms with Crippen LogP contribution in [0.5, 0.6) is 0 Å². The van der Waals surface area contributed by atoms with Crippen molar-refractivity contribution in [3.8, 4) is 0 Å². The van der Waals surface area contributed by atoms with E-state index >= 15 is 0 Å². The molecule has 0 spiro atoms. The number of hydrogen-bond acceptors (Lipinski definition) is 5. The highest BCUT2D eigenvalue weighted by Gasteiger charge is 2.42. The van der Waals surface area contributed by atoms with Crippen LogP contribution < -0.4 is 5.32 Å². The molecule has 7 nitrogen and oxygen atoms in total. The first-order valence-electron chi connectivity index (χ1n) is 11.3. The van der Waals surface area contributed by atoms with Gasteiger partial charge in [0.2, 0.25) is 5.91 Å². The van der Waals surface area contributed by atoms with Crippen LogP contribution in [0.4, 0.5) is 13.2 Å². The fourth-order valence-corrected chi connectivity index (χ4v) is 4.46. The highest BCUT2D eigenvalue weighted by Crippen LogP contribution is 2.33. The maximum atomic E-state index is 12.5. The molecule has 33 heavy (non-hydrogen) atoms. The Labute approximate surface area is 191 Å². The van der Waals surface area contributed by atoms with Gasteiger partial charge in [-0.25, -0.2) is 4.79 Å². The number of alkyl halides is 3. The van der Waals surface area contributed by atoms with Crippen molar-refractivity contribution >= 4 is 11.9 Å². The number of nitrogens with zero attached hydrogens (tertiary/aromatic N) is 1. The van der Waals surface area contributed by atoms with E-state index in [9.17, 15) is 18.0 Å². The minimum atomic E-state index is -5.08. The molecule has 0 radical (unpaired) electrons. The smallest absolute Gasteiger partial charge is 0.475 e. The standard InChI is InChI=1S/C21H30N2O3.C2HF3O2/c24-21(22-13-16-7-10-25-11-8-16)19-12-18-6-9-23(15-20(18)26-19)14-17-4-2-1-3-5-17;3-2(4,5)1(6)7/h1-5,16,18-20H,6-15H2,(H,22,24);(H,6,7)/t18-,19+,20+;/m0./s1. The van der Waals surface area contributed by atoms with E-state index in [1.54, 1.807) is 0 Å². The van der Waals surface area contributed by atoms with Gasteiger partial charge in [0.15, 0.2) is 0 Å². The van der Waals surface area contributed by atoms with Crippen LogP contribution in [-0.4, -0.2) is 73.1 Å². The zero-order chi connectivity index (χ0) is 23.8. The van der Waals surface area contributed by atoms with E-state index in [1.807, 2.05) is 0 Å². The van der Waals surface area contributed by atoms with Crippen molar-refractivity contribution in [1.82, 2.24) is 10.2 Å². The number of aliphatic carboxylic acids is 1. The number of halogens is 3. The van der Waals surface area contributed by atoms with Crippen molar-refractivity contribution in [2.45, 2.75) is 50.6 Å². The molecule has 184 valence electrons. The molecule has 3 aliphatic rings. The summed E-state index contributed by atoms with van der Waals surface area (Å²) >= 11 is 0. The molecule has 0 aromatic heterocycles. The van der Waals surface area contributed by atoms with Gasteiger partial charge >= 0.3 is 12.1 Å². The Hall–Kier alpha value is -2.17. The van der Waals surface area contributed by atoms with Gasteiger partial charge in [0, 0.05) is 32.8 Å². The monoisotopic (exact) mass is 472 g/mol. The number of carboxylic acid groups (broad SMARTS) is 1. The Balaban J connectivity index is 0.000000383. The summed E-state index contributed by atoms with van der Waals surface area (Å²) in [6, 6.07) is 10.6. The zero-order valence-electron chi connectivity index (χ0n) is 18.4. The predicted octanol–water partition coefficient (Wildman–Crippen LogP) is 2.84. The van der Waals surface area contributed by atoms with Crippen LogP contribution in [0.15, 0.2) is 30.3 Å². The predicted molar refractivity (Wildman–Crippen MR) is 113 cm³/mol. The molecule has 0 saturated carbocycles. The average Bonchev–Trinajstić information content (AvgIpc) is 3.22. The normalized spacial score (nSPS) is 26.1. The van der Waals surface area contributed by atoms with Gasteiger partial charge in [0.1, 0.15) is 6.10 Å². The second-order valence-electron chi connectivity index (χ2n) is 8.77. The van der Waals surface area contributed by atoms with E-state index in [0.717, 1.165) is 65.1 Å². The van der Waals surface area contributed by atoms with Crippen LogP contribution in [0.3, 0.4) is 0 Å². The van der Waals surface area contributed by atoms with Gasteiger partial charge in [-0.1, -0.05) is 30.3 Å². The van der Waals surface area contributed by atoms with Gasteiger partial charge < -0.3 is 19.9 Å². The lowest BCUT2D eigenvalue weighted by atomic mass is 9.91. The van der Waals surface area contributed by atoms with Crippen LogP contribution in [0.1, 0.15) is 31.2 Å². The van der Waals surface area contributed by atoms with Gasteiger partial charge in [-0.3, -0.25) is 9.69 Å². The Bertz CT molecular complexity index is 771. The fourth-order valence-electron chi connectivity index (χ4n) is 4.46. The summed E-state index contributed by atoms with van der Waals surface area (Å²) in [6.07, 6.45) is -1.05. The van der Waals surface area contributed by atoms with Crippen molar-refractivity contribution in [3.63, 3.8) is 0 Å². The SMILES string of the molecule is O=C(NCC1CCOCC1)[C@H]1C[C@@H]2CCN(Cc3ccccc3)C[C@H]2O1.O=C(O)C(F)(F)F. The third kappa shape index (κ3) is 7.97. The molecule has 1 aromatic rings. The third-order valence-corrected chi connectivity index (χ3v) is 6.33. The first kappa shape index (κ1) is 25.5. The molecule has 4 rings (SSSR count). The molecule has 1 amide bonds. The molecule has 10 heteroatoms. The number of ether oxygens (including phenoxy) is 2. The average molecular weight is 473 g/mol. The van der Waals surface area contributed by atoms with E-state index in [-0.39, 0.29) is 18.1 Å². The van der Waals surface area contributed by atoms with Crippen LogP contribution >= 0.6 is 0 Å². The molecule has 0 bridgehead atoms. The van der Waals surface area contributed by atoms with E-state index in [4.69, 9.17) is 19.4 Å². The van der Waals surface area contributed by atoms with E-state index in [2.05, 4.69) is 40.5 Å². The number of fused-ring (bicyclic) bond motifs is 1. The highest BCUT2D eigenvalue weighted by atomic mass is 19.4. The minimum Gasteiger partial charge on any atom is -0.475 e. The van der Waals surface area contributed by atoms with E-state index < -0.39 is 12.1 Å². The number of carboxylic acids is 1. The molecule has 3 saturated heterocycles. The van der Waals surface area contributed by atoms with Crippen LogP contribution in [-0.2, 0) is 25.6 Å². The molecular weight excluding hydrogens is 441 g/mol. The zero-order valence-corrected chi connectivity index (χ0v) is 18.4. The molecule has 3 fully saturated rings. The van der Waals surface area contributed by atoms with Crippen LogP contribution in [0, 0.1) is 11.8 Å². The Morgan fingerprint density at radius 3 is 2.42 bits per heavy atom. The molecule has 3 aliphatic heterocycles. The fraction of sp³-hybridized carbons (Fsp3) is 0.652. The second kappa shape index (κ2) is 11.8.